The van der Waals surface area contributed by atoms with Gasteiger partial charge in [0.25, 0.3) is 0 Å². The number of aryl methyl sites for hydroxylation is 1. The Morgan fingerprint density at radius 3 is 2.84 bits per heavy atom. The molecule has 0 saturated carbocycles. The van der Waals surface area contributed by atoms with Gasteiger partial charge in [0.2, 0.25) is 0 Å². The first-order valence-electron chi connectivity index (χ1n) is 6.18. The van der Waals surface area contributed by atoms with Gasteiger partial charge in [0.1, 0.15) is 12.4 Å². The molecular weight excluding hydrogens is 258 g/mol. The van der Waals surface area contributed by atoms with Gasteiger partial charge in [-0.3, -0.25) is 0 Å². The number of ether oxygens (including phenoxy) is 1. The first-order valence-corrected chi connectivity index (χ1v) is 6.56. The third kappa shape index (κ3) is 2.45. The van der Waals surface area contributed by atoms with Crippen LogP contribution in [0.3, 0.4) is 0 Å². The fourth-order valence-corrected chi connectivity index (χ4v) is 2.33. The van der Waals surface area contributed by atoms with Crippen LogP contribution in [0.4, 0.5) is 0 Å². The normalized spacial score (nSPS) is 10.8. The second-order valence-electron chi connectivity index (χ2n) is 4.58. The first-order chi connectivity index (χ1) is 9.24. The fraction of sp³-hybridized carbons (Fsp3) is 0.125. The predicted octanol–water partition coefficient (Wildman–Crippen LogP) is 4.71. The Morgan fingerprint density at radius 1 is 1.16 bits per heavy atom. The number of benzene rings is 2. The van der Waals surface area contributed by atoms with Crippen LogP contribution >= 0.6 is 11.6 Å². The average molecular weight is 272 g/mol. The van der Waals surface area contributed by atoms with E-state index in [0.717, 1.165) is 11.1 Å². The molecule has 1 heterocycles. The van der Waals surface area contributed by atoms with Gasteiger partial charge in [0.05, 0.1) is 5.02 Å². The minimum atomic E-state index is 0.507. The molecule has 3 rings (SSSR count). The maximum absolute atomic E-state index is 6.07. The van der Waals surface area contributed by atoms with E-state index in [-0.39, 0.29) is 0 Å². The molecule has 0 aliphatic carbocycles. The van der Waals surface area contributed by atoms with Crippen molar-refractivity contribution in [2.75, 3.05) is 0 Å². The summed E-state index contributed by atoms with van der Waals surface area (Å²) in [6.07, 6.45) is 1.99. The van der Waals surface area contributed by atoms with Crippen molar-refractivity contribution in [3.8, 4) is 5.75 Å². The Kier molecular flexibility index (Phi) is 3.18. The Bertz CT molecular complexity index is 718. The van der Waals surface area contributed by atoms with Crippen LogP contribution < -0.4 is 4.74 Å². The number of aromatic nitrogens is 1. The summed E-state index contributed by atoms with van der Waals surface area (Å²) >= 11 is 6.07. The summed E-state index contributed by atoms with van der Waals surface area (Å²) in [4.78, 5) is 3.27. The molecule has 1 N–H and O–H groups in total. The molecule has 3 aromatic rings. The quantitative estimate of drug-likeness (QED) is 0.733. The second kappa shape index (κ2) is 4.98. The molecule has 19 heavy (non-hydrogen) atoms. The van der Waals surface area contributed by atoms with Gasteiger partial charge in [0, 0.05) is 22.7 Å². The third-order valence-corrected chi connectivity index (χ3v) is 3.45. The van der Waals surface area contributed by atoms with Crippen LogP contribution in [0.25, 0.3) is 10.9 Å². The van der Waals surface area contributed by atoms with E-state index >= 15 is 0 Å². The molecule has 0 saturated heterocycles. The average Bonchev–Trinajstić information content (AvgIpc) is 2.80. The topological polar surface area (TPSA) is 25.0 Å². The number of fused-ring (bicyclic) bond motifs is 1. The Labute approximate surface area is 117 Å². The summed E-state index contributed by atoms with van der Waals surface area (Å²) in [6, 6.07) is 13.9. The van der Waals surface area contributed by atoms with E-state index in [4.69, 9.17) is 16.3 Å². The number of nitrogens with one attached hydrogen (secondary N) is 1. The monoisotopic (exact) mass is 271 g/mol. The van der Waals surface area contributed by atoms with Crippen molar-refractivity contribution < 1.29 is 4.74 Å². The van der Waals surface area contributed by atoms with E-state index in [1.165, 1.54) is 10.9 Å². The van der Waals surface area contributed by atoms with Crippen LogP contribution in [-0.2, 0) is 6.61 Å². The largest absolute Gasteiger partial charge is 0.487 e. The van der Waals surface area contributed by atoms with Crippen molar-refractivity contribution in [3.05, 3.63) is 64.8 Å². The van der Waals surface area contributed by atoms with Crippen molar-refractivity contribution in [2.24, 2.45) is 0 Å². The second-order valence-corrected chi connectivity index (χ2v) is 4.99. The van der Waals surface area contributed by atoms with E-state index in [1.54, 1.807) is 0 Å². The number of H-pyrrole nitrogens is 1. The third-order valence-electron chi connectivity index (χ3n) is 3.14. The summed E-state index contributed by atoms with van der Waals surface area (Å²) in [6.45, 7) is 2.59. The smallest absolute Gasteiger partial charge is 0.138 e. The molecule has 3 heteroatoms. The minimum Gasteiger partial charge on any atom is -0.487 e. The minimum absolute atomic E-state index is 0.507. The number of para-hydroxylation sites is 1. The van der Waals surface area contributed by atoms with Crippen molar-refractivity contribution in [2.45, 2.75) is 13.5 Å². The number of aromatic amines is 1. The predicted molar refractivity (Wildman–Crippen MR) is 78.8 cm³/mol. The van der Waals surface area contributed by atoms with Crippen LogP contribution in [-0.4, -0.2) is 4.98 Å². The lowest BCUT2D eigenvalue weighted by Gasteiger charge is -2.07. The van der Waals surface area contributed by atoms with Gasteiger partial charge in [-0.2, -0.15) is 0 Å². The van der Waals surface area contributed by atoms with E-state index in [0.29, 0.717) is 17.4 Å². The van der Waals surface area contributed by atoms with E-state index in [1.807, 2.05) is 30.5 Å². The molecule has 0 aliphatic heterocycles. The molecule has 0 spiro atoms. The zero-order valence-electron chi connectivity index (χ0n) is 10.6. The maximum Gasteiger partial charge on any atom is 0.138 e. The molecule has 0 radical (unpaired) electrons. The zero-order chi connectivity index (χ0) is 13.2. The zero-order valence-corrected chi connectivity index (χ0v) is 11.4. The fourth-order valence-electron chi connectivity index (χ4n) is 2.14. The first kappa shape index (κ1) is 12.1. The van der Waals surface area contributed by atoms with E-state index < -0.39 is 0 Å². The highest BCUT2D eigenvalue weighted by molar-refractivity contribution is 6.32. The van der Waals surface area contributed by atoms with Gasteiger partial charge in [-0.15, -0.1) is 0 Å². The van der Waals surface area contributed by atoms with Gasteiger partial charge in [-0.05, 0) is 30.7 Å². The molecule has 2 aromatic carbocycles. The summed E-state index contributed by atoms with van der Waals surface area (Å²) in [5.74, 6) is 0.714. The van der Waals surface area contributed by atoms with Crippen LogP contribution in [0.2, 0.25) is 5.02 Å². The molecule has 0 aliphatic rings. The lowest BCUT2D eigenvalue weighted by molar-refractivity contribution is 0.308. The molecule has 1 aromatic heterocycles. The number of rotatable bonds is 3. The molecule has 96 valence electrons. The maximum atomic E-state index is 6.07. The number of hydrogen-bond donors (Lipinski definition) is 1. The molecule has 0 bridgehead atoms. The van der Waals surface area contributed by atoms with Gasteiger partial charge < -0.3 is 9.72 Å². The van der Waals surface area contributed by atoms with Gasteiger partial charge in [-0.25, -0.2) is 0 Å². The van der Waals surface area contributed by atoms with E-state index in [2.05, 4.69) is 30.1 Å². The molecule has 0 fully saturated rings. The highest BCUT2D eigenvalue weighted by atomic mass is 35.5. The Hall–Kier alpha value is -1.93. The van der Waals surface area contributed by atoms with Crippen LogP contribution in [0, 0.1) is 6.92 Å². The van der Waals surface area contributed by atoms with Crippen molar-refractivity contribution in [1.29, 1.82) is 0 Å². The highest BCUT2D eigenvalue weighted by Crippen LogP contribution is 2.26. The lowest BCUT2D eigenvalue weighted by atomic mass is 10.1. The van der Waals surface area contributed by atoms with Gasteiger partial charge >= 0.3 is 0 Å². The summed E-state index contributed by atoms with van der Waals surface area (Å²) in [7, 11) is 0. The van der Waals surface area contributed by atoms with Crippen LogP contribution in [0.15, 0.2) is 48.7 Å². The molecule has 2 nitrogen and oxygen atoms in total. The number of hydrogen-bond acceptors (Lipinski definition) is 1. The SMILES string of the molecule is Cc1ccc2c(COc3ccccc3Cl)c[nH]c2c1. The number of halogens is 1. The summed E-state index contributed by atoms with van der Waals surface area (Å²) < 4.78 is 5.77. The highest BCUT2D eigenvalue weighted by Gasteiger charge is 2.06. The summed E-state index contributed by atoms with van der Waals surface area (Å²) in [5.41, 5.74) is 3.51. The molecular formula is C16H14ClNO. The van der Waals surface area contributed by atoms with Crippen LogP contribution in [0.5, 0.6) is 5.75 Å². The standard InChI is InChI=1S/C16H14ClNO/c1-11-6-7-13-12(9-18-15(13)8-11)10-19-16-5-3-2-4-14(16)17/h2-9,18H,10H2,1H3. The summed E-state index contributed by atoms with van der Waals surface area (Å²) in [5, 5.41) is 1.83. The molecule has 0 atom stereocenters. The van der Waals surface area contributed by atoms with E-state index in [9.17, 15) is 0 Å². The van der Waals surface area contributed by atoms with Crippen molar-refractivity contribution in [3.63, 3.8) is 0 Å². The van der Waals surface area contributed by atoms with Gasteiger partial charge in [0.15, 0.2) is 0 Å². The van der Waals surface area contributed by atoms with Crippen LogP contribution in [0.1, 0.15) is 11.1 Å². The van der Waals surface area contributed by atoms with Gasteiger partial charge in [-0.1, -0.05) is 35.9 Å². The molecule has 0 amide bonds. The molecule has 0 unspecified atom stereocenters. The van der Waals surface area contributed by atoms with Crippen molar-refractivity contribution >= 4 is 22.5 Å². The Morgan fingerprint density at radius 2 is 2.00 bits per heavy atom. The Balaban J connectivity index is 1.84. The van der Waals surface area contributed by atoms with Crippen molar-refractivity contribution in [1.82, 2.24) is 4.98 Å². The lowest BCUT2D eigenvalue weighted by Crippen LogP contribution is -1.94.